The maximum Gasteiger partial charge on any atom is 0.316 e. The number of nitrogens with zero attached hydrogens (tertiary/aromatic N) is 3. The fourth-order valence-electron chi connectivity index (χ4n) is 0.900. The van der Waals surface area contributed by atoms with E-state index in [1.54, 1.807) is 0 Å². The maximum atomic E-state index is 10.7. The lowest BCUT2D eigenvalue weighted by molar-refractivity contribution is -0.135. The highest BCUT2D eigenvalue weighted by atomic mass is 16.2. The van der Waals surface area contributed by atoms with E-state index in [0.29, 0.717) is 5.82 Å². The van der Waals surface area contributed by atoms with Crippen LogP contribution >= 0.6 is 0 Å². The van der Waals surface area contributed by atoms with Crippen molar-refractivity contribution in [1.29, 1.82) is 0 Å². The smallest absolute Gasteiger partial charge is 0.288 e. The highest BCUT2D eigenvalue weighted by Gasteiger charge is 2.24. The summed E-state index contributed by atoms with van der Waals surface area (Å²) < 4.78 is 0. The van der Waals surface area contributed by atoms with Crippen LogP contribution in [0.1, 0.15) is 5.82 Å². The molecule has 0 aliphatic carbocycles. The summed E-state index contributed by atoms with van der Waals surface area (Å²) in [5.74, 6) is -0.730. The molecular weight excluding hydrogens is 188 g/mol. The first-order valence-electron chi connectivity index (χ1n) is 3.77. The predicted molar refractivity (Wildman–Crippen MR) is 43.8 cm³/mol. The summed E-state index contributed by atoms with van der Waals surface area (Å²) in [6, 6.07) is 0. The molecule has 8 nitrogen and oxygen atoms in total. The summed E-state index contributed by atoms with van der Waals surface area (Å²) >= 11 is 0. The summed E-state index contributed by atoms with van der Waals surface area (Å²) in [5, 5.41) is 10.7. The second-order valence-electron chi connectivity index (χ2n) is 2.51. The van der Waals surface area contributed by atoms with Gasteiger partial charge in [-0.3, -0.25) is 25.3 Å². The minimum absolute atomic E-state index is 0.136. The van der Waals surface area contributed by atoms with E-state index < -0.39 is 11.8 Å². The van der Waals surface area contributed by atoms with Crippen LogP contribution in [0.5, 0.6) is 0 Å². The molecule has 1 aliphatic heterocycles. The summed E-state index contributed by atoms with van der Waals surface area (Å²) in [5.41, 5.74) is 0. The molecule has 3 N–H and O–H groups in total. The number of nitrogens with one attached hydrogen (secondary N) is 3. The van der Waals surface area contributed by atoms with E-state index in [-0.39, 0.29) is 12.5 Å². The number of carbonyl (C=O) groups excluding carboxylic acids is 2. The van der Waals surface area contributed by atoms with Crippen LogP contribution in [0.4, 0.5) is 0 Å². The Bertz CT molecular complexity index is 376. The number of guanidine groups is 1. The molecular formula is C6H6N6O2. The lowest BCUT2D eigenvalue weighted by atomic mass is 10.6. The first-order chi connectivity index (χ1) is 6.75. The molecule has 0 bridgehead atoms. The predicted octanol–water partition coefficient (Wildman–Crippen LogP) is -2.09. The van der Waals surface area contributed by atoms with Gasteiger partial charge in [-0.1, -0.05) is 0 Å². The topological polar surface area (TPSA) is 112 Å². The Morgan fingerprint density at radius 2 is 2.00 bits per heavy atom. The van der Waals surface area contributed by atoms with Crippen molar-refractivity contribution in [2.75, 3.05) is 0 Å². The van der Waals surface area contributed by atoms with Gasteiger partial charge in [0.15, 0.2) is 0 Å². The molecule has 1 aromatic rings. The second-order valence-corrected chi connectivity index (χ2v) is 2.51. The van der Waals surface area contributed by atoms with E-state index in [1.807, 2.05) is 0 Å². The standard InChI is InChI=1S/C6H6N6O2/c13-4-5(14)11-6(10-4)7-1-3-8-2-9-12-3/h2H,1H2,(H,8,9,12)(H2,7,10,11,13,14). The van der Waals surface area contributed by atoms with Crippen molar-refractivity contribution in [3.63, 3.8) is 0 Å². The van der Waals surface area contributed by atoms with Crippen molar-refractivity contribution < 1.29 is 9.59 Å². The van der Waals surface area contributed by atoms with Gasteiger partial charge in [0, 0.05) is 0 Å². The number of carbonyl (C=O) groups is 2. The Balaban J connectivity index is 2.00. The third kappa shape index (κ3) is 1.58. The third-order valence-electron chi connectivity index (χ3n) is 1.52. The fraction of sp³-hybridized carbons (Fsp3) is 0.167. The molecule has 72 valence electrons. The van der Waals surface area contributed by atoms with Crippen molar-refractivity contribution in [2.45, 2.75) is 6.54 Å². The molecule has 1 fully saturated rings. The molecule has 0 saturated carbocycles. The van der Waals surface area contributed by atoms with Gasteiger partial charge in [-0.05, 0) is 0 Å². The van der Waals surface area contributed by atoms with E-state index in [4.69, 9.17) is 0 Å². The Morgan fingerprint density at radius 1 is 1.29 bits per heavy atom. The van der Waals surface area contributed by atoms with Gasteiger partial charge in [0.1, 0.15) is 18.7 Å². The quantitative estimate of drug-likeness (QED) is 0.468. The van der Waals surface area contributed by atoms with Crippen molar-refractivity contribution >= 4 is 17.8 Å². The van der Waals surface area contributed by atoms with Crippen molar-refractivity contribution in [3.8, 4) is 0 Å². The molecule has 0 aromatic carbocycles. The lowest BCUT2D eigenvalue weighted by Crippen LogP contribution is -2.25. The Morgan fingerprint density at radius 3 is 2.57 bits per heavy atom. The molecule has 2 rings (SSSR count). The highest BCUT2D eigenvalue weighted by Crippen LogP contribution is 1.90. The van der Waals surface area contributed by atoms with Crippen LogP contribution in [0.25, 0.3) is 0 Å². The molecule has 14 heavy (non-hydrogen) atoms. The molecule has 0 atom stereocenters. The lowest BCUT2D eigenvalue weighted by Gasteiger charge is -1.93. The molecule has 2 heterocycles. The van der Waals surface area contributed by atoms with E-state index in [9.17, 15) is 9.59 Å². The number of rotatable bonds is 2. The van der Waals surface area contributed by atoms with E-state index in [1.165, 1.54) is 6.33 Å². The molecule has 2 amide bonds. The second kappa shape index (κ2) is 3.24. The van der Waals surface area contributed by atoms with E-state index in [2.05, 4.69) is 30.8 Å². The van der Waals surface area contributed by atoms with Crippen LogP contribution in [0.2, 0.25) is 0 Å². The van der Waals surface area contributed by atoms with Crippen LogP contribution < -0.4 is 10.6 Å². The van der Waals surface area contributed by atoms with Crippen molar-refractivity contribution in [3.05, 3.63) is 12.2 Å². The highest BCUT2D eigenvalue weighted by molar-refractivity contribution is 6.45. The summed E-state index contributed by atoms with van der Waals surface area (Å²) in [4.78, 5) is 29.1. The van der Waals surface area contributed by atoms with E-state index >= 15 is 0 Å². The number of H-pyrrole nitrogens is 1. The normalized spacial score (nSPS) is 15.3. The first kappa shape index (κ1) is 8.35. The van der Waals surface area contributed by atoms with Gasteiger partial charge in [0.2, 0.25) is 5.96 Å². The van der Waals surface area contributed by atoms with Crippen molar-refractivity contribution in [1.82, 2.24) is 25.8 Å². The maximum absolute atomic E-state index is 10.7. The minimum Gasteiger partial charge on any atom is -0.288 e. The first-order valence-corrected chi connectivity index (χ1v) is 3.77. The third-order valence-corrected chi connectivity index (χ3v) is 1.52. The number of hydrogen-bond acceptors (Lipinski definition) is 5. The number of aromatic nitrogens is 3. The zero-order chi connectivity index (χ0) is 9.97. The Labute approximate surface area is 77.8 Å². The van der Waals surface area contributed by atoms with Crippen molar-refractivity contribution in [2.24, 2.45) is 4.99 Å². The summed E-state index contributed by atoms with van der Waals surface area (Å²) in [6.07, 6.45) is 1.35. The van der Waals surface area contributed by atoms with E-state index in [0.717, 1.165) is 0 Å². The molecule has 1 aromatic heterocycles. The molecule has 0 radical (unpaired) electrons. The molecule has 1 saturated heterocycles. The van der Waals surface area contributed by atoms with Crippen LogP contribution in [0.3, 0.4) is 0 Å². The van der Waals surface area contributed by atoms with Gasteiger partial charge in [-0.25, -0.2) is 9.98 Å². The Hall–Kier alpha value is -2.25. The summed E-state index contributed by atoms with van der Waals surface area (Å²) in [6.45, 7) is 0.218. The fourth-order valence-corrected chi connectivity index (χ4v) is 0.900. The van der Waals surface area contributed by atoms with Gasteiger partial charge in [-0.15, -0.1) is 0 Å². The van der Waals surface area contributed by atoms with Gasteiger partial charge >= 0.3 is 11.8 Å². The SMILES string of the molecule is O=C1NC(=NCc2ncn[nH]2)NC1=O. The largest absolute Gasteiger partial charge is 0.316 e. The van der Waals surface area contributed by atoms with Crippen LogP contribution in [-0.2, 0) is 16.1 Å². The molecule has 8 heteroatoms. The van der Waals surface area contributed by atoms with Crippen LogP contribution in [0.15, 0.2) is 11.3 Å². The Kier molecular flexibility index (Phi) is 1.94. The average molecular weight is 194 g/mol. The number of aliphatic imine (C=N–C) groups is 1. The van der Waals surface area contributed by atoms with Crippen LogP contribution in [0, 0.1) is 0 Å². The zero-order valence-electron chi connectivity index (χ0n) is 6.94. The number of aromatic amines is 1. The molecule has 1 aliphatic rings. The minimum atomic E-state index is -0.707. The monoisotopic (exact) mass is 194 g/mol. The number of hydrogen-bond donors (Lipinski definition) is 3. The van der Waals surface area contributed by atoms with Crippen LogP contribution in [-0.4, -0.2) is 33.0 Å². The van der Waals surface area contributed by atoms with Gasteiger partial charge in [0.05, 0.1) is 0 Å². The molecule has 0 unspecified atom stereocenters. The molecule has 0 spiro atoms. The van der Waals surface area contributed by atoms with Gasteiger partial charge in [0.25, 0.3) is 0 Å². The van der Waals surface area contributed by atoms with Gasteiger partial charge in [-0.2, -0.15) is 5.10 Å². The number of amides is 2. The summed E-state index contributed by atoms with van der Waals surface area (Å²) in [7, 11) is 0. The zero-order valence-corrected chi connectivity index (χ0v) is 6.94. The average Bonchev–Trinajstić information content (AvgIpc) is 2.74. The van der Waals surface area contributed by atoms with Gasteiger partial charge < -0.3 is 0 Å².